The first kappa shape index (κ1) is 20.2. The Labute approximate surface area is 166 Å². The Morgan fingerprint density at radius 3 is 2.89 bits per heavy atom. The molecule has 1 aromatic rings. The molecule has 0 aromatic carbocycles. The van der Waals surface area contributed by atoms with Crippen LogP contribution in [-0.2, 0) is 25.6 Å². The van der Waals surface area contributed by atoms with Crippen LogP contribution in [0.5, 0.6) is 0 Å². The molecule has 4 atom stereocenters. The lowest BCUT2D eigenvalue weighted by atomic mass is 10.1. The second kappa shape index (κ2) is 8.63. The minimum absolute atomic E-state index is 0.191. The molecule has 0 radical (unpaired) electrons. The molecule has 4 unspecified atom stereocenters. The van der Waals surface area contributed by atoms with Gasteiger partial charge < -0.3 is 26.3 Å². The lowest BCUT2D eigenvalue weighted by Crippen LogP contribution is -2.59. The molecular weight excluding hydrogens is 384 g/mol. The first-order valence-corrected chi connectivity index (χ1v) is 10.2. The van der Waals surface area contributed by atoms with E-state index in [1.165, 1.54) is 23.0 Å². The number of nitrogens with zero attached hydrogens (tertiary/aromatic N) is 2. The van der Waals surface area contributed by atoms with Crippen molar-refractivity contribution in [2.45, 2.75) is 49.6 Å². The number of hydrogen-bond donors (Lipinski definition) is 4. The number of likely N-dealkylation sites (tertiary alicyclic amines) is 1. The molecule has 4 amide bonds. The number of hydrogen-bond acceptors (Lipinski definition) is 6. The number of primary amides is 1. The van der Waals surface area contributed by atoms with Gasteiger partial charge in [-0.3, -0.25) is 19.2 Å². The van der Waals surface area contributed by atoms with E-state index in [0.29, 0.717) is 30.8 Å². The summed E-state index contributed by atoms with van der Waals surface area (Å²) in [5.74, 6) is -1.13. The van der Waals surface area contributed by atoms with Gasteiger partial charge in [0.25, 0.3) is 0 Å². The quantitative estimate of drug-likeness (QED) is 0.451. The minimum atomic E-state index is -0.894. The summed E-state index contributed by atoms with van der Waals surface area (Å²) in [5, 5.41) is 5.20. The van der Waals surface area contributed by atoms with Crippen molar-refractivity contribution in [1.29, 1.82) is 0 Å². The van der Waals surface area contributed by atoms with Crippen molar-refractivity contribution in [2.75, 3.05) is 12.3 Å². The molecule has 2 saturated heterocycles. The number of rotatable bonds is 6. The molecule has 3 rings (SSSR count). The van der Waals surface area contributed by atoms with Crippen LogP contribution in [0.4, 0.5) is 0 Å². The fourth-order valence-electron chi connectivity index (χ4n) is 3.40. The van der Waals surface area contributed by atoms with Gasteiger partial charge >= 0.3 is 0 Å². The second-order valence-electron chi connectivity index (χ2n) is 6.97. The zero-order valence-corrected chi connectivity index (χ0v) is 16.3. The van der Waals surface area contributed by atoms with Gasteiger partial charge in [-0.05, 0) is 19.8 Å². The molecule has 3 heterocycles. The van der Waals surface area contributed by atoms with Crippen LogP contribution in [0.25, 0.3) is 0 Å². The van der Waals surface area contributed by atoms with Gasteiger partial charge in [0, 0.05) is 30.6 Å². The van der Waals surface area contributed by atoms with E-state index in [1.807, 2.05) is 0 Å². The van der Waals surface area contributed by atoms with Gasteiger partial charge in [-0.15, -0.1) is 11.8 Å². The smallest absolute Gasteiger partial charge is 0.246 e. The SMILES string of the molecule is CC1SCC(C(=O)NC(Cc2cnc[nH]2)C(=O)N2CCCC2C(N)=O)NC1=O. The van der Waals surface area contributed by atoms with Crippen LogP contribution in [-0.4, -0.2) is 74.2 Å². The summed E-state index contributed by atoms with van der Waals surface area (Å²) in [6, 6.07) is -2.27. The van der Waals surface area contributed by atoms with Gasteiger partial charge in [-0.25, -0.2) is 4.98 Å². The Bertz CT molecular complexity index is 755. The standard InChI is InChI=1S/C17H24N6O4S/c1-9-15(25)22-12(7-28-9)16(26)21-11(5-10-6-19-8-20-10)17(27)23-4-2-3-13(23)14(18)24/h6,8-9,11-13H,2-5,7H2,1H3,(H2,18,24)(H,19,20)(H,21,26)(H,22,25). The highest BCUT2D eigenvalue weighted by Crippen LogP contribution is 2.20. The molecule has 0 saturated carbocycles. The normalized spacial score (nSPS) is 25.8. The fourth-order valence-corrected chi connectivity index (χ4v) is 4.34. The average Bonchev–Trinajstić information content (AvgIpc) is 3.34. The summed E-state index contributed by atoms with van der Waals surface area (Å²) in [7, 11) is 0. The molecule has 1 aromatic heterocycles. The Kier molecular flexibility index (Phi) is 6.22. The summed E-state index contributed by atoms with van der Waals surface area (Å²) in [6.07, 6.45) is 4.44. The number of aromatic nitrogens is 2. The van der Waals surface area contributed by atoms with E-state index in [2.05, 4.69) is 20.6 Å². The van der Waals surface area contributed by atoms with Crippen LogP contribution in [0.2, 0.25) is 0 Å². The number of carbonyl (C=O) groups excluding carboxylic acids is 4. The number of nitrogens with one attached hydrogen (secondary N) is 3. The molecule has 28 heavy (non-hydrogen) atoms. The number of carbonyl (C=O) groups is 4. The number of aromatic amines is 1. The number of imidazole rings is 1. The summed E-state index contributed by atoms with van der Waals surface area (Å²) >= 11 is 1.39. The Hall–Kier alpha value is -2.56. The number of thioether (sulfide) groups is 1. The molecule has 2 fully saturated rings. The average molecular weight is 408 g/mol. The van der Waals surface area contributed by atoms with Crippen molar-refractivity contribution in [3.05, 3.63) is 18.2 Å². The monoisotopic (exact) mass is 408 g/mol. The van der Waals surface area contributed by atoms with Crippen LogP contribution >= 0.6 is 11.8 Å². The molecule has 2 aliphatic rings. The van der Waals surface area contributed by atoms with Crippen LogP contribution in [0.1, 0.15) is 25.5 Å². The van der Waals surface area contributed by atoms with E-state index < -0.39 is 29.9 Å². The molecule has 2 aliphatic heterocycles. The highest BCUT2D eigenvalue weighted by Gasteiger charge is 2.38. The zero-order valence-electron chi connectivity index (χ0n) is 15.5. The highest BCUT2D eigenvalue weighted by molar-refractivity contribution is 8.00. The molecule has 0 spiro atoms. The topological polar surface area (TPSA) is 150 Å². The van der Waals surface area contributed by atoms with Crippen LogP contribution in [0.3, 0.4) is 0 Å². The second-order valence-corrected chi connectivity index (χ2v) is 8.34. The predicted octanol–water partition coefficient (Wildman–Crippen LogP) is -1.47. The first-order valence-electron chi connectivity index (χ1n) is 9.16. The summed E-state index contributed by atoms with van der Waals surface area (Å²) in [4.78, 5) is 57.6. The van der Waals surface area contributed by atoms with Gasteiger partial charge in [0.05, 0.1) is 11.6 Å². The molecule has 5 N–H and O–H groups in total. The highest BCUT2D eigenvalue weighted by atomic mass is 32.2. The van der Waals surface area contributed by atoms with Crippen molar-refractivity contribution in [3.63, 3.8) is 0 Å². The maximum absolute atomic E-state index is 13.1. The van der Waals surface area contributed by atoms with E-state index in [4.69, 9.17) is 5.73 Å². The van der Waals surface area contributed by atoms with Crippen LogP contribution < -0.4 is 16.4 Å². The molecule has 10 nitrogen and oxygen atoms in total. The van der Waals surface area contributed by atoms with E-state index in [0.717, 1.165) is 0 Å². The van der Waals surface area contributed by atoms with Gasteiger partial charge in [-0.2, -0.15) is 0 Å². The third kappa shape index (κ3) is 4.46. The molecule has 152 valence electrons. The van der Waals surface area contributed by atoms with E-state index in [1.54, 1.807) is 13.1 Å². The number of amides is 4. The van der Waals surface area contributed by atoms with E-state index in [-0.39, 0.29) is 23.5 Å². The van der Waals surface area contributed by atoms with E-state index in [9.17, 15) is 19.2 Å². The Morgan fingerprint density at radius 2 is 2.25 bits per heavy atom. The van der Waals surface area contributed by atoms with Gasteiger partial charge in [0.2, 0.25) is 23.6 Å². The molecule has 11 heteroatoms. The zero-order chi connectivity index (χ0) is 20.3. The summed E-state index contributed by atoms with van der Waals surface area (Å²) < 4.78 is 0. The number of nitrogens with two attached hydrogens (primary N) is 1. The minimum Gasteiger partial charge on any atom is -0.368 e. The van der Waals surface area contributed by atoms with E-state index >= 15 is 0 Å². The largest absolute Gasteiger partial charge is 0.368 e. The number of H-pyrrole nitrogens is 1. The lowest BCUT2D eigenvalue weighted by molar-refractivity contribution is -0.141. The Balaban J connectivity index is 1.73. The fraction of sp³-hybridized carbons (Fsp3) is 0.588. The van der Waals surface area contributed by atoms with Crippen LogP contribution in [0.15, 0.2) is 12.5 Å². The predicted molar refractivity (Wildman–Crippen MR) is 102 cm³/mol. The maximum Gasteiger partial charge on any atom is 0.246 e. The summed E-state index contributed by atoms with van der Waals surface area (Å²) in [6.45, 7) is 2.19. The molecular formula is C17H24N6O4S. The maximum atomic E-state index is 13.1. The third-order valence-corrected chi connectivity index (χ3v) is 6.21. The van der Waals surface area contributed by atoms with Gasteiger partial charge in [-0.1, -0.05) is 0 Å². The van der Waals surface area contributed by atoms with Crippen molar-refractivity contribution in [3.8, 4) is 0 Å². The summed E-state index contributed by atoms with van der Waals surface area (Å²) in [5.41, 5.74) is 6.09. The van der Waals surface area contributed by atoms with Crippen molar-refractivity contribution < 1.29 is 19.2 Å². The molecule has 0 bridgehead atoms. The third-order valence-electron chi connectivity index (χ3n) is 4.97. The Morgan fingerprint density at radius 1 is 1.46 bits per heavy atom. The van der Waals surface area contributed by atoms with Crippen molar-refractivity contribution in [1.82, 2.24) is 25.5 Å². The van der Waals surface area contributed by atoms with Crippen molar-refractivity contribution >= 4 is 35.4 Å². The van der Waals surface area contributed by atoms with Gasteiger partial charge in [0.1, 0.15) is 18.1 Å². The van der Waals surface area contributed by atoms with Crippen molar-refractivity contribution in [2.24, 2.45) is 5.73 Å². The van der Waals surface area contributed by atoms with Crippen LogP contribution in [0, 0.1) is 0 Å². The van der Waals surface area contributed by atoms with Gasteiger partial charge in [0.15, 0.2) is 0 Å². The lowest BCUT2D eigenvalue weighted by Gasteiger charge is -2.30. The molecule has 0 aliphatic carbocycles. The first-order chi connectivity index (χ1) is 13.4.